The van der Waals surface area contributed by atoms with Gasteiger partial charge in [-0.05, 0) is 41.8 Å². The van der Waals surface area contributed by atoms with Crippen molar-refractivity contribution in [2.45, 2.75) is 36.0 Å². The summed E-state index contributed by atoms with van der Waals surface area (Å²) < 4.78 is 47.7. The number of hydrogen-bond acceptors (Lipinski definition) is 5. The van der Waals surface area contributed by atoms with E-state index in [1.807, 2.05) is 24.3 Å². The van der Waals surface area contributed by atoms with Crippen molar-refractivity contribution in [1.29, 1.82) is 0 Å². The van der Waals surface area contributed by atoms with Gasteiger partial charge < -0.3 is 9.64 Å². The van der Waals surface area contributed by atoms with E-state index in [1.165, 1.54) is 15.3 Å². The SMILES string of the molecule is O=C(COC(=O)C1(c2ccccc2F)CCCC1)N1CCN(S(=O)(=O)c2ccc3ccccc3c2)CC1. The molecule has 0 N–H and O–H groups in total. The zero-order chi connectivity index (χ0) is 26.0. The quantitative estimate of drug-likeness (QED) is 0.457. The molecule has 1 aliphatic heterocycles. The molecule has 2 fully saturated rings. The lowest BCUT2D eigenvalue weighted by Gasteiger charge is -2.34. The number of esters is 1. The minimum atomic E-state index is -3.71. The standard InChI is InChI=1S/C28H29FN2O5S/c29-25-10-4-3-9-24(25)28(13-5-6-14-28)27(33)36-20-26(32)30-15-17-31(18-16-30)37(34,35)23-12-11-21-7-1-2-8-22(21)19-23/h1-4,7-12,19H,5-6,13-18,20H2. The number of carbonyl (C=O) groups excluding carboxylic acids is 2. The number of halogens is 1. The molecule has 3 aromatic rings. The van der Waals surface area contributed by atoms with Gasteiger partial charge in [-0.3, -0.25) is 9.59 Å². The van der Waals surface area contributed by atoms with Crippen LogP contribution in [0.25, 0.3) is 10.8 Å². The first-order chi connectivity index (χ1) is 17.8. The van der Waals surface area contributed by atoms with E-state index in [9.17, 15) is 22.4 Å². The highest BCUT2D eigenvalue weighted by molar-refractivity contribution is 7.89. The Morgan fingerprint density at radius 3 is 2.22 bits per heavy atom. The van der Waals surface area contributed by atoms with Gasteiger partial charge in [0.05, 0.1) is 10.3 Å². The Balaban J connectivity index is 1.20. The molecule has 1 saturated carbocycles. The van der Waals surface area contributed by atoms with Crippen LogP contribution in [0.4, 0.5) is 4.39 Å². The molecule has 5 rings (SSSR count). The predicted molar refractivity (Wildman–Crippen MR) is 137 cm³/mol. The van der Waals surface area contributed by atoms with Gasteiger partial charge in [-0.2, -0.15) is 4.31 Å². The van der Waals surface area contributed by atoms with E-state index in [0.29, 0.717) is 18.4 Å². The van der Waals surface area contributed by atoms with E-state index >= 15 is 0 Å². The summed E-state index contributed by atoms with van der Waals surface area (Å²) in [6, 6.07) is 18.8. The molecule has 1 saturated heterocycles. The molecule has 7 nitrogen and oxygen atoms in total. The molecule has 37 heavy (non-hydrogen) atoms. The topological polar surface area (TPSA) is 84.0 Å². The highest BCUT2D eigenvalue weighted by Crippen LogP contribution is 2.43. The third-order valence-corrected chi connectivity index (χ3v) is 9.41. The Bertz CT molecular complexity index is 1430. The van der Waals surface area contributed by atoms with Gasteiger partial charge in [0.15, 0.2) is 6.61 Å². The normalized spacial score (nSPS) is 18.1. The summed E-state index contributed by atoms with van der Waals surface area (Å²) in [6.07, 6.45) is 2.52. The molecule has 0 spiro atoms. The lowest BCUT2D eigenvalue weighted by atomic mass is 9.78. The van der Waals surface area contributed by atoms with Crippen LogP contribution < -0.4 is 0 Å². The second-order valence-electron chi connectivity index (χ2n) is 9.64. The van der Waals surface area contributed by atoms with Crippen molar-refractivity contribution in [2.24, 2.45) is 0 Å². The van der Waals surface area contributed by atoms with E-state index < -0.39 is 39.7 Å². The number of ether oxygens (including phenoxy) is 1. The minimum absolute atomic E-state index is 0.147. The average molecular weight is 525 g/mol. The first kappa shape index (κ1) is 25.4. The molecule has 194 valence electrons. The van der Waals surface area contributed by atoms with Crippen LogP contribution in [-0.4, -0.2) is 62.3 Å². The van der Waals surface area contributed by atoms with Gasteiger partial charge in [0.1, 0.15) is 5.82 Å². The zero-order valence-corrected chi connectivity index (χ0v) is 21.3. The van der Waals surface area contributed by atoms with E-state index in [-0.39, 0.29) is 31.1 Å². The van der Waals surface area contributed by atoms with Crippen LogP contribution in [0.1, 0.15) is 31.2 Å². The molecule has 0 unspecified atom stereocenters. The summed E-state index contributed by atoms with van der Waals surface area (Å²) >= 11 is 0. The number of carbonyl (C=O) groups is 2. The Morgan fingerprint density at radius 1 is 0.865 bits per heavy atom. The number of benzene rings is 3. The molecule has 0 bridgehead atoms. The maximum atomic E-state index is 14.5. The lowest BCUT2D eigenvalue weighted by molar-refractivity contribution is -0.157. The molecule has 0 radical (unpaired) electrons. The van der Waals surface area contributed by atoms with Gasteiger partial charge in [0.25, 0.3) is 5.91 Å². The number of hydrogen-bond donors (Lipinski definition) is 0. The molecule has 0 aromatic heterocycles. The van der Waals surface area contributed by atoms with Gasteiger partial charge in [0, 0.05) is 31.7 Å². The molecular weight excluding hydrogens is 495 g/mol. The van der Waals surface area contributed by atoms with E-state index in [4.69, 9.17) is 4.74 Å². The van der Waals surface area contributed by atoms with Gasteiger partial charge in [-0.1, -0.05) is 61.4 Å². The summed E-state index contributed by atoms with van der Waals surface area (Å²) in [7, 11) is -3.71. The Morgan fingerprint density at radius 2 is 1.51 bits per heavy atom. The van der Waals surface area contributed by atoms with Crippen molar-refractivity contribution >= 4 is 32.7 Å². The van der Waals surface area contributed by atoms with Crippen LogP contribution >= 0.6 is 0 Å². The summed E-state index contributed by atoms with van der Waals surface area (Å²) in [6.45, 7) is 0.234. The van der Waals surface area contributed by atoms with Gasteiger partial charge >= 0.3 is 5.97 Å². The summed E-state index contributed by atoms with van der Waals surface area (Å²) in [5.41, 5.74) is -0.754. The summed E-state index contributed by atoms with van der Waals surface area (Å²) in [4.78, 5) is 27.6. The van der Waals surface area contributed by atoms with Crippen molar-refractivity contribution in [3.63, 3.8) is 0 Å². The van der Waals surface area contributed by atoms with E-state index in [2.05, 4.69) is 0 Å². The van der Waals surface area contributed by atoms with Crippen molar-refractivity contribution in [3.8, 4) is 0 Å². The Hall–Kier alpha value is -3.30. The predicted octanol–water partition coefficient (Wildman–Crippen LogP) is 3.87. The van der Waals surface area contributed by atoms with Crippen molar-refractivity contribution in [3.05, 3.63) is 78.1 Å². The Labute approximate surface area is 215 Å². The maximum absolute atomic E-state index is 14.5. The first-order valence-electron chi connectivity index (χ1n) is 12.5. The molecular formula is C28H29FN2O5S. The monoisotopic (exact) mass is 524 g/mol. The maximum Gasteiger partial charge on any atom is 0.317 e. The summed E-state index contributed by atoms with van der Waals surface area (Å²) in [5.74, 6) is -1.42. The zero-order valence-electron chi connectivity index (χ0n) is 20.4. The second-order valence-corrected chi connectivity index (χ2v) is 11.6. The van der Waals surface area contributed by atoms with Crippen molar-refractivity contribution in [1.82, 2.24) is 9.21 Å². The van der Waals surface area contributed by atoms with Gasteiger partial charge in [0.2, 0.25) is 10.0 Å². The average Bonchev–Trinajstić information content (AvgIpc) is 3.42. The van der Waals surface area contributed by atoms with Crippen LogP contribution in [0.3, 0.4) is 0 Å². The van der Waals surface area contributed by atoms with Crippen molar-refractivity contribution < 1.29 is 27.1 Å². The molecule has 2 aliphatic rings. The molecule has 1 amide bonds. The smallest absolute Gasteiger partial charge is 0.317 e. The van der Waals surface area contributed by atoms with Crippen LogP contribution in [0, 0.1) is 5.82 Å². The van der Waals surface area contributed by atoms with E-state index in [0.717, 1.165) is 23.6 Å². The minimum Gasteiger partial charge on any atom is -0.455 e. The highest BCUT2D eigenvalue weighted by Gasteiger charge is 2.46. The Kier molecular flexibility index (Phi) is 7.00. The third-order valence-electron chi connectivity index (χ3n) is 7.51. The largest absolute Gasteiger partial charge is 0.455 e. The number of nitrogens with zero attached hydrogens (tertiary/aromatic N) is 2. The van der Waals surface area contributed by atoms with Crippen molar-refractivity contribution in [2.75, 3.05) is 32.8 Å². The van der Waals surface area contributed by atoms with Crippen LogP contribution in [0.5, 0.6) is 0 Å². The van der Waals surface area contributed by atoms with Gasteiger partial charge in [-0.25, -0.2) is 12.8 Å². The summed E-state index contributed by atoms with van der Waals surface area (Å²) in [5, 5.41) is 1.80. The first-order valence-corrected chi connectivity index (χ1v) is 13.9. The number of amides is 1. The number of piperazine rings is 1. The fraction of sp³-hybridized carbons (Fsp3) is 0.357. The molecule has 0 atom stereocenters. The number of fused-ring (bicyclic) bond motifs is 1. The lowest BCUT2D eigenvalue weighted by Crippen LogP contribution is -2.51. The van der Waals surface area contributed by atoms with Crippen LogP contribution in [0.2, 0.25) is 0 Å². The molecule has 1 heterocycles. The third kappa shape index (κ3) is 4.85. The van der Waals surface area contributed by atoms with E-state index in [1.54, 1.807) is 36.4 Å². The fourth-order valence-electron chi connectivity index (χ4n) is 5.42. The molecule has 9 heteroatoms. The molecule has 1 aliphatic carbocycles. The van der Waals surface area contributed by atoms with Crippen LogP contribution in [0.15, 0.2) is 71.6 Å². The highest BCUT2D eigenvalue weighted by atomic mass is 32.2. The fourth-order valence-corrected chi connectivity index (χ4v) is 6.88. The van der Waals surface area contributed by atoms with Crippen LogP contribution in [-0.2, 0) is 29.8 Å². The second kappa shape index (κ2) is 10.2. The van der Waals surface area contributed by atoms with Gasteiger partial charge in [-0.15, -0.1) is 0 Å². The number of sulfonamides is 1. The number of rotatable bonds is 6. The molecule has 3 aromatic carbocycles.